The highest BCUT2D eigenvalue weighted by atomic mass is 19.4. The number of halogens is 3. The van der Waals surface area contributed by atoms with Crippen LogP contribution in [0, 0.1) is 0 Å². The molecule has 0 radical (unpaired) electrons. The van der Waals surface area contributed by atoms with Gasteiger partial charge in [-0.3, -0.25) is 4.79 Å². The van der Waals surface area contributed by atoms with Crippen molar-refractivity contribution in [3.8, 4) is 0 Å². The van der Waals surface area contributed by atoms with E-state index in [0.717, 1.165) is 24.3 Å². The van der Waals surface area contributed by atoms with Crippen molar-refractivity contribution in [3.63, 3.8) is 0 Å². The molecule has 0 bridgehead atoms. The Bertz CT molecular complexity index is 484. The number of carbonyl (C=O) groups excluding carboxylic acids is 1. The molecule has 0 atom stereocenters. The molecule has 5 nitrogen and oxygen atoms in total. The molecule has 0 heterocycles. The number of benzene rings is 1. The minimum absolute atomic E-state index is 0.0762. The van der Waals surface area contributed by atoms with Crippen molar-refractivity contribution in [1.29, 1.82) is 0 Å². The lowest BCUT2D eigenvalue weighted by Gasteiger charge is -2.23. The maximum absolute atomic E-state index is 12.3. The summed E-state index contributed by atoms with van der Waals surface area (Å²) in [6.45, 7) is -2.54. The van der Waals surface area contributed by atoms with E-state index in [2.05, 4.69) is 0 Å². The third-order valence-corrected chi connectivity index (χ3v) is 2.41. The van der Waals surface area contributed by atoms with Crippen molar-refractivity contribution in [1.82, 2.24) is 4.90 Å². The number of amides is 1. The smallest absolute Gasteiger partial charge is 0.406 e. The Balaban J connectivity index is 2.91. The number of aromatic carboxylic acids is 1. The number of carboxylic acids is 1. The molecule has 2 N–H and O–H groups in total. The molecule has 0 aromatic heterocycles. The molecule has 0 aliphatic heterocycles. The molecule has 0 spiro atoms. The third kappa shape index (κ3) is 4.54. The Morgan fingerprint density at radius 2 is 1.60 bits per heavy atom. The number of carbonyl (C=O) groups is 2. The first-order chi connectivity index (χ1) is 9.24. The van der Waals surface area contributed by atoms with Crippen LogP contribution in [0.4, 0.5) is 13.2 Å². The first-order valence-corrected chi connectivity index (χ1v) is 5.55. The van der Waals surface area contributed by atoms with Crippen LogP contribution in [0.1, 0.15) is 20.7 Å². The lowest BCUT2D eigenvalue weighted by atomic mass is 10.1. The summed E-state index contributed by atoms with van der Waals surface area (Å²) in [4.78, 5) is 22.9. The molecule has 1 aromatic rings. The van der Waals surface area contributed by atoms with Crippen molar-refractivity contribution >= 4 is 11.9 Å². The number of hydrogen-bond acceptors (Lipinski definition) is 3. The predicted molar refractivity (Wildman–Crippen MR) is 62.4 cm³/mol. The summed E-state index contributed by atoms with van der Waals surface area (Å²) < 4.78 is 37.0. The second kappa shape index (κ2) is 6.38. The number of aliphatic hydroxyl groups excluding tert-OH is 1. The molecule has 0 saturated heterocycles. The fourth-order valence-corrected chi connectivity index (χ4v) is 1.53. The zero-order valence-corrected chi connectivity index (χ0v) is 10.2. The van der Waals surface area contributed by atoms with Gasteiger partial charge in [0.2, 0.25) is 0 Å². The average Bonchev–Trinajstić information content (AvgIpc) is 2.36. The minimum Gasteiger partial charge on any atom is -0.478 e. The van der Waals surface area contributed by atoms with Gasteiger partial charge in [-0.05, 0) is 24.3 Å². The van der Waals surface area contributed by atoms with Crippen LogP contribution in [0.3, 0.4) is 0 Å². The van der Waals surface area contributed by atoms with Crippen molar-refractivity contribution in [2.45, 2.75) is 6.18 Å². The molecular formula is C12H12F3NO4. The second-order valence-electron chi connectivity index (χ2n) is 3.95. The van der Waals surface area contributed by atoms with Gasteiger partial charge in [0.1, 0.15) is 6.54 Å². The molecule has 0 saturated carbocycles. The van der Waals surface area contributed by atoms with Crippen molar-refractivity contribution in [2.24, 2.45) is 0 Å². The van der Waals surface area contributed by atoms with Crippen LogP contribution >= 0.6 is 0 Å². The van der Waals surface area contributed by atoms with Gasteiger partial charge in [-0.15, -0.1) is 0 Å². The van der Waals surface area contributed by atoms with Crippen LogP contribution in [0.5, 0.6) is 0 Å². The number of nitrogens with zero attached hydrogens (tertiary/aromatic N) is 1. The molecule has 110 valence electrons. The standard InChI is InChI=1S/C12H12F3NO4/c13-12(14,15)7-16(5-6-17)10(18)8-1-3-9(4-2-8)11(19)20/h1-4,17H,5-7H2,(H,19,20). The van der Waals surface area contributed by atoms with Crippen LogP contribution in [0.15, 0.2) is 24.3 Å². The summed E-state index contributed by atoms with van der Waals surface area (Å²) >= 11 is 0. The number of aliphatic hydroxyl groups is 1. The zero-order chi connectivity index (χ0) is 15.3. The first-order valence-electron chi connectivity index (χ1n) is 5.55. The van der Waals surface area contributed by atoms with E-state index in [0.29, 0.717) is 4.90 Å². The quantitative estimate of drug-likeness (QED) is 0.859. The number of carboxylic acid groups (broad SMARTS) is 1. The Hall–Kier alpha value is -2.09. The van der Waals surface area contributed by atoms with E-state index in [9.17, 15) is 22.8 Å². The Morgan fingerprint density at radius 1 is 1.10 bits per heavy atom. The van der Waals surface area contributed by atoms with Gasteiger partial charge in [-0.2, -0.15) is 13.2 Å². The summed E-state index contributed by atoms with van der Waals surface area (Å²) in [5, 5.41) is 17.4. The highest BCUT2D eigenvalue weighted by Crippen LogP contribution is 2.18. The van der Waals surface area contributed by atoms with Crippen molar-refractivity contribution in [3.05, 3.63) is 35.4 Å². The van der Waals surface area contributed by atoms with E-state index in [-0.39, 0.29) is 11.1 Å². The molecule has 1 rings (SSSR count). The van der Waals surface area contributed by atoms with Gasteiger partial charge in [0.05, 0.1) is 12.2 Å². The molecular weight excluding hydrogens is 279 g/mol. The maximum atomic E-state index is 12.3. The average molecular weight is 291 g/mol. The van der Waals surface area contributed by atoms with E-state index in [1.54, 1.807) is 0 Å². The first kappa shape index (κ1) is 16.0. The highest BCUT2D eigenvalue weighted by Gasteiger charge is 2.33. The highest BCUT2D eigenvalue weighted by molar-refractivity contribution is 5.95. The van der Waals surface area contributed by atoms with Crippen molar-refractivity contribution in [2.75, 3.05) is 19.7 Å². The molecule has 8 heteroatoms. The van der Waals surface area contributed by atoms with E-state index >= 15 is 0 Å². The van der Waals surface area contributed by atoms with Crippen molar-refractivity contribution < 1.29 is 33.0 Å². The minimum atomic E-state index is -4.58. The van der Waals surface area contributed by atoms with Crippen LogP contribution < -0.4 is 0 Å². The Kier molecular flexibility index (Phi) is 5.09. The lowest BCUT2D eigenvalue weighted by Crippen LogP contribution is -2.40. The summed E-state index contributed by atoms with van der Waals surface area (Å²) in [5.74, 6) is -2.13. The summed E-state index contributed by atoms with van der Waals surface area (Å²) in [6.07, 6.45) is -4.58. The molecule has 0 unspecified atom stereocenters. The largest absolute Gasteiger partial charge is 0.478 e. The molecule has 1 aromatic carbocycles. The number of hydrogen-bond donors (Lipinski definition) is 2. The van der Waals surface area contributed by atoms with Crippen LogP contribution in [-0.2, 0) is 0 Å². The summed E-state index contributed by atoms with van der Waals surface area (Å²) in [7, 11) is 0. The monoisotopic (exact) mass is 291 g/mol. The van der Waals surface area contributed by atoms with E-state index in [1.165, 1.54) is 0 Å². The molecule has 0 aliphatic carbocycles. The van der Waals surface area contributed by atoms with Gasteiger partial charge in [0.15, 0.2) is 0 Å². The van der Waals surface area contributed by atoms with Gasteiger partial charge in [0, 0.05) is 12.1 Å². The van der Waals surface area contributed by atoms with E-state index in [1.807, 2.05) is 0 Å². The normalized spacial score (nSPS) is 11.2. The number of alkyl halides is 3. The fraction of sp³-hybridized carbons (Fsp3) is 0.333. The fourth-order valence-electron chi connectivity index (χ4n) is 1.53. The van der Waals surface area contributed by atoms with Crippen LogP contribution in [0.2, 0.25) is 0 Å². The van der Waals surface area contributed by atoms with Gasteiger partial charge in [-0.25, -0.2) is 4.79 Å². The molecule has 1 amide bonds. The van der Waals surface area contributed by atoms with Gasteiger partial charge in [-0.1, -0.05) is 0 Å². The second-order valence-corrected chi connectivity index (χ2v) is 3.95. The maximum Gasteiger partial charge on any atom is 0.406 e. The van der Waals surface area contributed by atoms with Crippen LogP contribution in [0.25, 0.3) is 0 Å². The van der Waals surface area contributed by atoms with E-state index < -0.39 is 37.7 Å². The number of rotatable bonds is 5. The zero-order valence-electron chi connectivity index (χ0n) is 10.2. The van der Waals surface area contributed by atoms with Gasteiger partial charge in [0.25, 0.3) is 5.91 Å². The SMILES string of the molecule is O=C(O)c1ccc(C(=O)N(CCO)CC(F)(F)F)cc1. The lowest BCUT2D eigenvalue weighted by molar-refractivity contribution is -0.141. The Morgan fingerprint density at radius 3 is 2.00 bits per heavy atom. The summed E-state index contributed by atoms with van der Waals surface area (Å²) in [6, 6.07) is 4.51. The Labute approximate surface area is 112 Å². The van der Waals surface area contributed by atoms with E-state index in [4.69, 9.17) is 10.2 Å². The summed E-state index contributed by atoms with van der Waals surface area (Å²) in [5.41, 5.74) is -0.154. The van der Waals surface area contributed by atoms with Gasteiger partial charge >= 0.3 is 12.1 Å². The van der Waals surface area contributed by atoms with Gasteiger partial charge < -0.3 is 15.1 Å². The predicted octanol–water partition coefficient (Wildman–Crippen LogP) is 1.38. The molecule has 0 aliphatic rings. The third-order valence-electron chi connectivity index (χ3n) is 2.41. The van der Waals surface area contributed by atoms with Crippen LogP contribution in [-0.4, -0.2) is 52.9 Å². The molecule has 0 fully saturated rings. The topological polar surface area (TPSA) is 77.8 Å². The molecule has 20 heavy (non-hydrogen) atoms.